The summed E-state index contributed by atoms with van der Waals surface area (Å²) in [4.78, 5) is 0. The van der Waals surface area contributed by atoms with Gasteiger partial charge in [-0.25, -0.2) is 8.78 Å². The lowest BCUT2D eigenvalue weighted by atomic mass is 10.0. The summed E-state index contributed by atoms with van der Waals surface area (Å²) < 4.78 is 26.9. The number of hydrogen-bond donors (Lipinski definition) is 0. The summed E-state index contributed by atoms with van der Waals surface area (Å²) in [5.74, 6) is -1.15. The van der Waals surface area contributed by atoms with Gasteiger partial charge in [0.2, 0.25) is 0 Å². The number of halogens is 4. The van der Waals surface area contributed by atoms with Crippen LogP contribution in [0.25, 0.3) is 0 Å². The van der Waals surface area contributed by atoms with Crippen LogP contribution in [0.5, 0.6) is 0 Å². The molecule has 0 N–H and O–H groups in total. The van der Waals surface area contributed by atoms with Crippen molar-refractivity contribution >= 4 is 23.2 Å². The molecule has 2 aromatic carbocycles. The zero-order valence-corrected chi connectivity index (χ0v) is 10.8. The predicted octanol–water partition coefficient (Wildman–Crippen LogP) is 5.14. The fourth-order valence-corrected chi connectivity index (χ4v) is 2.12. The molecular formula is C14H10Cl2F2. The van der Waals surface area contributed by atoms with Crippen molar-refractivity contribution in [2.45, 2.75) is 11.8 Å². The quantitative estimate of drug-likeness (QED) is 0.685. The third-order valence-corrected chi connectivity index (χ3v) is 3.33. The van der Waals surface area contributed by atoms with Crippen molar-refractivity contribution in [2.75, 3.05) is 0 Å². The molecule has 18 heavy (non-hydrogen) atoms. The van der Waals surface area contributed by atoms with Gasteiger partial charge in [0.1, 0.15) is 11.6 Å². The first-order chi connectivity index (χ1) is 8.58. The molecule has 2 aromatic rings. The Hall–Kier alpha value is -1.12. The second-order valence-electron chi connectivity index (χ2n) is 3.92. The Morgan fingerprint density at radius 2 is 1.50 bits per heavy atom. The van der Waals surface area contributed by atoms with Crippen molar-refractivity contribution in [3.8, 4) is 0 Å². The van der Waals surface area contributed by atoms with E-state index in [-0.39, 0.29) is 12.0 Å². The fraction of sp³-hybridized carbons (Fsp3) is 0.143. The summed E-state index contributed by atoms with van der Waals surface area (Å²) in [5.41, 5.74) is 0.788. The monoisotopic (exact) mass is 286 g/mol. The third-order valence-electron chi connectivity index (χ3n) is 2.68. The molecule has 0 fully saturated rings. The number of alkyl halides is 1. The summed E-state index contributed by atoms with van der Waals surface area (Å²) >= 11 is 11.9. The molecule has 0 spiro atoms. The molecule has 1 unspecified atom stereocenters. The van der Waals surface area contributed by atoms with Crippen LogP contribution in [0.1, 0.15) is 16.5 Å². The van der Waals surface area contributed by atoms with E-state index in [1.54, 1.807) is 24.3 Å². The van der Waals surface area contributed by atoms with Crippen LogP contribution in [0, 0.1) is 11.6 Å². The largest absolute Gasteiger partial charge is 0.207 e. The molecule has 4 heteroatoms. The van der Waals surface area contributed by atoms with Crippen molar-refractivity contribution in [3.63, 3.8) is 0 Å². The van der Waals surface area contributed by atoms with Crippen molar-refractivity contribution in [3.05, 3.63) is 70.2 Å². The van der Waals surface area contributed by atoms with E-state index in [9.17, 15) is 8.78 Å². The van der Waals surface area contributed by atoms with E-state index in [0.29, 0.717) is 5.02 Å². The standard InChI is InChI=1S/C14H10Cl2F2/c15-10-6-4-9(5-7-10)12(16)8-11-13(17)2-1-3-14(11)18/h1-7,12H,8H2. The Labute approximate surface area is 114 Å². The van der Waals surface area contributed by atoms with Gasteiger partial charge in [-0.05, 0) is 36.2 Å². The van der Waals surface area contributed by atoms with Crippen LogP contribution in [0.2, 0.25) is 5.02 Å². The zero-order chi connectivity index (χ0) is 13.1. The van der Waals surface area contributed by atoms with Gasteiger partial charge in [-0.3, -0.25) is 0 Å². The number of hydrogen-bond acceptors (Lipinski definition) is 0. The van der Waals surface area contributed by atoms with Crippen molar-refractivity contribution in [1.82, 2.24) is 0 Å². The van der Waals surface area contributed by atoms with Gasteiger partial charge in [-0.2, -0.15) is 0 Å². The SMILES string of the molecule is Fc1cccc(F)c1CC(Cl)c1ccc(Cl)cc1. The summed E-state index contributed by atoms with van der Waals surface area (Å²) in [5, 5.41) is 0.105. The summed E-state index contributed by atoms with van der Waals surface area (Å²) in [6.07, 6.45) is 0.0989. The van der Waals surface area contributed by atoms with Crippen LogP contribution in [0.3, 0.4) is 0 Å². The lowest BCUT2D eigenvalue weighted by Crippen LogP contribution is -2.01. The van der Waals surface area contributed by atoms with Gasteiger partial charge < -0.3 is 0 Å². The van der Waals surface area contributed by atoms with E-state index < -0.39 is 17.0 Å². The highest BCUT2D eigenvalue weighted by molar-refractivity contribution is 6.30. The van der Waals surface area contributed by atoms with E-state index in [2.05, 4.69) is 0 Å². The normalized spacial score (nSPS) is 12.4. The fourth-order valence-electron chi connectivity index (χ4n) is 1.70. The van der Waals surface area contributed by atoms with E-state index >= 15 is 0 Å². The molecule has 0 aliphatic carbocycles. The van der Waals surface area contributed by atoms with E-state index in [1.807, 2.05) is 0 Å². The molecule has 0 bridgehead atoms. The topological polar surface area (TPSA) is 0 Å². The highest BCUT2D eigenvalue weighted by atomic mass is 35.5. The van der Waals surface area contributed by atoms with Gasteiger partial charge in [0.05, 0.1) is 5.38 Å². The maximum atomic E-state index is 13.5. The first-order valence-corrected chi connectivity index (χ1v) is 6.22. The van der Waals surface area contributed by atoms with E-state index in [0.717, 1.165) is 5.56 Å². The minimum absolute atomic E-state index is 0.00690. The Morgan fingerprint density at radius 3 is 2.06 bits per heavy atom. The first-order valence-electron chi connectivity index (χ1n) is 5.40. The molecular weight excluding hydrogens is 277 g/mol. The molecule has 0 amide bonds. The lowest BCUT2D eigenvalue weighted by Gasteiger charge is -2.11. The highest BCUT2D eigenvalue weighted by Gasteiger charge is 2.15. The van der Waals surface area contributed by atoms with Crippen LogP contribution < -0.4 is 0 Å². The van der Waals surface area contributed by atoms with Gasteiger partial charge in [0, 0.05) is 10.6 Å². The minimum Gasteiger partial charge on any atom is -0.207 e. The molecule has 1 atom stereocenters. The number of benzene rings is 2. The van der Waals surface area contributed by atoms with Crippen LogP contribution in [-0.4, -0.2) is 0 Å². The Morgan fingerprint density at radius 1 is 0.944 bits per heavy atom. The molecule has 94 valence electrons. The van der Waals surface area contributed by atoms with Gasteiger partial charge >= 0.3 is 0 Å². The Balaban J connectivity index is 2.21. The second-order valence-corrected chi connectivity index (χ2v) is 4.89. The van der Waals surface area contributed by atoms with Crippen LogP contribution in [-0.2, 0) is 6.42 Å². The number of rotatable bonds is 3. The molecule has 0 saturated heterocycles. The average Bonchev–Trinajstić information content (AvgIpc) is 2.34. The van der Waals surface area contributed by atoms with Gasteiger partial charge in [0.25, 0.3) is 0 Å². The molecule has 2 rings (SSSR count). The van der Waals surface area contributed by atoms with Crippen molar-refractivity contribution < 1.29 is 8.78 Å². The minimum atomic E-state index is -0.574. The van der Waals surface area contributed by atoms with Crippen molar-refractivity contribution in [2.24, 2.45) is 0 Å². The Bertz CT molecular complexity index is 518. The highest BCUT2D eigenvalue weighted by Crippen LogP contribution is 2.28. The predicted molar refractivity (Wildman–Crippen MR) is 70.1 cm³/mol. The molecule has 0 radical (unpaired) electrons. The maximum Gasteiger partial charge on any atom is 0.129 e. The Kier molecular flexibility index (Phi) is 4.20. The van der Waals surface area contributed by atoms with Gasteiger partial charge in [-0.15, -0.1) is 11.6 Å². The van der Waals surface area contributed by atoms with E-state index in [4.69, 9.17) is 23.2 Å². The average molecular weight is 287 g/mol. The van der Waals surface area contributed by atoms with Gasteiger partial charge in [0.15, 0.2) is 0 Å². The zero-order valence-electron chi connectivity index (χ0n) is 9.34. The summed E-state index contributed by atoms with van der Waals surface area (Å²) in [6, 6.07) is 10.7. The van der Waals surface area contributed by atoms with Crippen LogP contribution in [0.15, 0.2) is 42.5 Å². The summed E-state index contributed by atoms with van der Waals surface area (Å²) in [7, 11) is 0. The van der Waals surface area contributed by atoms with Crippen LogP contribution in [0.4, 0.5) is 8.78 Å². The smallest absolute Gasteiger partial charge is 0.129 e. The van der Waals surface area contributed by atoms with Crippen LogP contribution >= 0.6 is 23.2 Å². The van der Waals surface area contributed by atoms with Crippen molar-refractivity contribution in [1.29, 1.82) is 0 Å². The summed E-state index contributed by atoms with van der Waals surface area (Å²) in [6.45, 7) is 0. The molecule has 0 aliphatic heterocycles. The van der Waals surface area contributed by atoms with Gasteiger partial charge in [-0.1, -0.05) is 29.8 Å². The molecule has 0 nitrogen and oxygen atoms in total. The molecule has 0 aromatic heterocycles. The lowest BCUT2D eigenvalue weighted by molar-refractivity contribution is 0.553. The molecule has 0 aliphatic rings. The first kappa shape index (κ1) is 13.3. The second kappa shape index (κ2) is 5.68. The molecule has 0 saturated carbocycles. The van der Waals surface area contributed by atoms with E-state index in [1.165, 1.54) is 18.2 Å². The third kappa shape index (κ3) is 3.01. The maximum absolute atomic E-state index is 13.5. The molecule has 0 heterocycles.